The van der Waals surface area contributed by atoms with Crippen LogP contribution < -0.4 is 9.80 Å². The molecule has 0 unspecified atom stereocenters. The fraction of sp³-hybridized carbons (Fsp3) is 0.222. The average Bonchev–Trinajstić information content (AvgIpc) is 3.03. The second-order valence-electron chi connectivity index (χ2n) is 5.98. The second-order valence-corrected chi connectivity index (χ2v) is 7.55. The summed E-state index contributed by atoms with van der Waals surface area (Å²) in [5, 5.41) is 0.583. The number of rotatable bonds is 1. The molecular weight excluding hydrogens is 344 g/mol. The summed E-state index contributed by atoms with van der Waals surface area (Å²) in [6, 6.07) is 13.1. The Kier molecular flexibility index (Phi) is 3.41. The van der Waals surface area contributed by atoms with Crippen molar-refractivity contribution in [1.82, 2.24) is 0 Å². The number of fused-ring (bicyclic) bond motifs is 2. The maximum Gasteiger partial charge on any atom is 0.268 e. The van der Waals surface area contributed by atoms with Gasteiger partial charge >= 0.3 is 0 Å². The minimum Gasteiger partial charge on any atom is -0.312 e. The monoisotopic (exact) mass is 358 g/mol. The highest BCUT2D eigenvalue weighted by atomic mass is 35.5. The highest BCUT2D eigenvalue weighted by molar-refractivity contribution is 8.02. The van der Waals surface area contributed by atoms with E-state index in [4.69, 9.17) is 11.6 Å². The molecule has 6 heteroatoms. The van der Waals surface area contributed by atoms with Gasteiger partial charge in [0.15, 0.2) is 0 Å². The molecule has 0 N–H and O–H groups in total. The zero-order chi connectivity index (χ0) is 17.1. The molecule has 4 nitrogen and oxygen atoms in total. The Morgan fingerprint density at radius 3 is 2.67 bits per heavy atom. The first-order valence-corrected chi connectivity index (χ1v) is 8.94. The molecule has 0 radical (unpaired) electrons. The minimum atomic E-state index is -1.04. The molecule has 24 heavy (non-hydrogen) atoms. The predicted molar refractivity (Wildman–Crippen MR) is 97.7 cm³/mol. The van der Waals surface area contributed by atoms with E-state index in [2.05, 4.69) is 0 Å². The highest BCUT2D eigenvalue weighted by Crippen LogP contribution is 2.55. The smallest absolute Gasteiger partial charge is 0.268 e. The Morgan fingerprint density at radius 1 is 1.17 bits per heavy atom. The van der Waals surface area contributed by atoms with Crippen LogP contribution in [0, 0.1) is 6.92 Å². The summed E-state index contributed by atoms with van der Waals surface area (Å²) in [4.78, 5) is 28.0. The molecule has 0 aliphatic carbocycles. The summed E-state index contributed by atoms with van der Waals surface area (Å²) in [6.45, 7) is 1.91. The highest BCUT2D eigenvalue weighted by Gasteiger charge is 2.60. The van der Waals surface area contributed by atoms with Gasteiger partial charge in [0.1, 0.15) is 0 Å². The molecule has 1 saturated heterocycles. The van der Waals surface area contributed by atoms with Crippen LogP contribution in [0.15, 0.2) is 42.5 Å². The molecule has 2 aliphatic heterocycles. The van der Waals surface area contributed by atoms with Crippen molar-refractivity contribution in [2.45, 2.75) is 11.8 Å². The van der Waals surface area contributed by atoms with Crippen LogP contribution in [-0.4, -0.2) is 24.6 Å². The summed E-state index contributed by atoms with van der Waals surface area (Å²) in [6.07, 6.45) is 0. The van der Waals surface area contributed by atoms with Gasteiger partial charge in [0.25, 0.3) is 5.91 Å². The Balaban J connectivity index is 1.95. The van der Waals surface area contributed by atoms with Crippen LogP contribution in [0.25, 0.3) is 0 Å². The third kappa shape index (κ3) is 1.88. The number of nitrogens with zero attached hydrogens (tertiary/aromatic N) is 2. The predicted octanol–water partition coefficient (Wildman–Crippen LogP) is 3.56. The van der Waals surface area contributed by atoms with Crippen molar-refractivity contribution in [2.24, 2.45) is 0 Å². The lowest BCUT2D eigenvalue weighted by molar-refractivity contribution is -0.123. The first kappa shape index (κ1) is 15.5. The molecule has 2 aromatic carbocycles. The van der Waals surface area contributed by atoms with Gasteiger partial charge < -0.3 is 4.90 Å². The van der Waals surface area contributed by atoms with E-state index in [0.29, 0.717) is 10.7 Å². The van der Waals surface area contributed by atoms with Crippen LogP contribution in [0.3, 0.4) is 0 Å². The SMILES string of the molecule is Cc1ccc(N2C(=O)CS[C@@]23C(=O)N(C)c2ccccc23)cc1Cl. The fourth-order valence-electron chi connectivity index (χ4n) is 3.38. The van der Waals surface area contributed by atoms with Crippen molar-refractivity contribution in [3.8, 4) is 0 Å². The van der Waals surface area contributed by atoms with Gasteiger partial charge in [0.2, 0.25) is 10.8 Å². The maximum absolute atomic E-state index is 13.1. The lowest BCUT2D eigenvalue weighted by Crippen LogP contribution is -2.49. The molecule has 1 spiro atoms. The van der Waals surface area contributed by atoms with Crippen LogP contribution >= 0.6 is 23.4 Å². The third-order valence-electron chi connectivity index (χ3n) is 4.61. The number of para-hydroxylation sites is 1. The van der Waals surface area contributed by atoms with E-state index in [1.165, 1.54) is 11.8 Å². The zero-order valence-corrected chi connectivity index (χ0v) is 14.8. The van der Waals surface area contributed by atoms with Crippen molar-refractivity contribution in [3.63, 3.8) is 0 Å². The fourth-order valence-corrected chi connectivity index (χ4v) is 4.94. The summed E-state index contributed by atoms with van der Waals surface area (Å²) in [5.74, 6) is 0.0778. The van der Waals surface area contributed by atoms with Gasteiger partial charge in [-0.2, -0.15) is 0 Å². The third-order valence-corrected chi connectivity index (χ3v) is 6.40. The molecule has 1 atom stereocenters. The first-order chi connectivity index (χ1) is 11.5. The summed E-state index contributed by atoms with van der Waals surface area (Å²) < 4.78 is 0. The quantitative estimate of drug-likeness (QED) is 0.782. The first-order valence-electron chi connectivity index (χ1n) is 7.57. The van der Waals surface area contributed by atoms with E-state index in [0.717, 1.165) is 16.8 Å². The van der Waals surface area contributed by atoms with Gasteiger partial charge in [-0.05, 0) is 30.7 Å². The Labute approximate surface area is 149 Å². The van der Waals surface area contributed by atoms with E-state index < -0.39 is 4.87 Å². The number of likely N-dealkylation sites (N-methyl/N-ethyl adjacent to an activating group) is 1. The molecule has 4 rings (SSSR count). The average molecular weight is 359 g/mol. The number of benzene rings is 2. The molecule has 2 aliphatic rings. The number of carbonyl (C=O) groups excluding carboxylic acids is 2. The summed E-state index contributed by atoms with van der Waals surface area (Å²) in [5.41, 5.74) is 3.28. The Hall–Kier alpha value is -1.98. The molecule has 0 bridgehead atoms. The minimum absolute atomic E-state index is 0.0848. The standard InChI is InChI=1S/C18H15ClN2O2S/c1-11-7-8-12(9-14(11)19)21-16(22)10-24-18(21)13-5-3-4-6-15(13)20(2)17(18)23/h3-9H,10H2,1-2H3/t18-/m0/s1. The van der Waals surface area contributed by atoms with Gasteiger partial charge in [-0.3, -0.25) is 14.5 Å². The van der Waals surface area contributed by atoms with Crippen LogP contribution in [0.1, 0.15) is 11.1 Å². The summed E-state index contributed by atoms with van der Waals surface area (Å²) >= 11 is 7.63. The van der Waals surface area contributed by atoms with Gasteiger partial charge in [0.05, 0.1) is 11.4 Å². The topological polar surface area (TPSA) is 40.6 Å². The molecule has 0 aromatic heterocycles. The van der Waals surface area contributed by atoms with E-state index in [1.807, 2.05) is 43.3 Å². The van der Waals surface area contributed by atoms with Crippen LogP contribution in [0.4, 0.5) is 11.4 Å². The largest absolute Gasteiger partial charge is 0.312 e. The van der Waals surface area contributed by atoms with Gasteiger partial charge in [-0.15, -0.1) is 11.8 Å². The Bertz CT molecular complexity index is 885. The normalized spacial score (nSPS) is 22.6. The van der Waals surface area contributed by atoms with Gasteiger partial charge in [0, 0.05) is 23.3 Å². The lowest BCUT2D eigenvalue weighted by atomic mass is 10.0. The molecular formula is C18H15ClN2O2S. The van der Waals surface area contributed by atoms with Crippen molar-refractivity contribution in [3.05, 3.63) is 58.6 Å². The second kappa shape index (κ2) is 5.26. The van der Waals surface area contributed by atoms with Crippen LogP contribution in [0.5, 0.6) is 0 Å². The van der Waals surface area contributed by atoms with E-state index in [-0.39, 0.29) is 17.6 Å². The molecule has 0 saturated carbocycles. The molecule has 2 amide bonds. The number of hydrogen-bond donors (Lipinski definition) is 0. The van der Waals surface area contributed by atoms with Gasteiger partial charge in [-0.25, -0.2) is 0 Å². The van der Waals surface area contributed by atoms with E-state index in [9.17, 15) is 9.59 Å². The number of aryl methyl sites for hydroxylation is 1. The number of thioether (sulfide) groups is 1. The van der Waals surface area contributed by atoms with Crippen molar-refractivity contribution < 1.29 is 9.59 Å². The van der Waals surface area contributed by atoms with Crippen molar-refractivity contribution >= 4 is 46.6 Å². The lowest BCUT2D eigenvalue weighted by Gasteiger charge is -2.33. The molecule has 122 valence electrons. The number of halogens is 1. The number of carbonyl (C=O) groups is 2. The molecule has 1 fully saturated rings. The molecule has 2 heterocycles. The number of hydrogen-bond acceptors (Lipinski definition) is 3. The Morgan fingerprint density at radius 2 is 1.92 bits per heavy atom. The molecule has 2 aromatic rings. The van der Waals surface area contributed by atoms with Crippen LogP contribution in [-0.2, 0) is 14.5 Å². The number of amides is 2. The maximum atomic E-state index is 13.1. The number of anilines is 2. The summed E-state index contributed by atoms with van der Waals surface area (Å²) in [7, 11) is 1.75. The van der Waals surface area contributed by atoms with E-state index >= 15 is 0 Å². The zero-order valence-electron chi connectivity index (χ0n) is 13.2. The van der Waals surface area contributed by atoms with Crippen LogP contribution in [0.2, 0.25) is 5.02 Å². The van der Waals surface area contributed by atoms with E-state index in [1.54, 1.807) is 22.9 Å². The van der Waals surface area contributed by atoms with Gasteiger partial charge in [-0.1, -0.05) is 35.9 Å². The van der Waals surface area contributed by atoms with Crippen molar-refractivity contribution in [1.29, 1.82) is 0 Å². The van der Waals surface area contributed by atoms with Crippen molar-refractivity contribution in [2.75, 3.05) is 22.6 Å².